The molecule has 0 saturated carbocycles. The minimum Gasteiger partial charge on any atom is -0.379 e. The number of unbranched alkanes of at least 4 members (excludes halogenated alkanes) is 1. The summed E-state index contributed by atoms with van der Waals surface area (Å²) in [5.74, 6) is 0.138. The standard InChI is InChI=1S/C22H26FN5O2/c23-18-5-7-19(8-6-18)28-22(27-11-3-4-12-27)20(17-25-28)21(29)24-9-1-2-10-26-13-15-30-16-14-26/h3-8,11-12,17H,1-2,9-10,13-16H2,(H,24,29). The number of amides is 1. The Morgan fingerprint density at radius 2 is 1.83 bits per heavy atom. The third-order valence-electron chi connectivity index (χ3n) is 5.20. The topological polar surface area (TPSA) is 64.3 Å². The van der Waals surface area contributed by atoms with Crippen molar-refractivity contribution in [2.45, 2.75) is 12.8 Å². The van der Waals surface area contributed by atoms with Gasteiger partial charge < -0.3 is 14.6 Å². The van der Waals surface area contributed by atoms with E-state index in [1.807, 2.05) is 29.1 Å². The van der Waals surface area contributed by atoms with Crippen LogP contribution in [0.4, 0.5) is 4.39 Å². The van der Waals surface area contributed by atoms with Crippen molar-refractivity contribution < 1.29 is 13.9 Å². The molecule has 1 N–H and O–H groups in total. The highest BCUT2D eigenvalue weighted by Crippen LogP contribution is 2.20. The number of morpholine rings is 1. The van der Waals surface area contributed by atoms with Gasteiger partial charge in [-0.2, -0.15) is 5.10 Å². The molecule has 2 aromatic heterocycles. The summed E-state index contributed by atoms with van der Waals surface area (Å²) in [6.45, 7) is 5.20. The number of ether oxygens (including phenoxy) is 1. The largest absolute Gasteiger partial charge is 0.379 e. The van der Waals surface area contributed by atoms with Gasteiger partial charge in [0.2, 0.25) is 0 Å². The van der Waals surface area contributed by atoms with E-state index >= 15 is 0 Å². The molecule has 0 unspecified atom stereocenters. The number of carbonyl (C=O) groups is 1. The number of hydrogen-bond acceptors (Lipinski definition) is 4. The van der Waals surface area contributed by atoms with E-state index in [0.29, 0.717) is 23.6 Å². The summed E-state index contributed by atoms with van der Waals surface area (Å²) in [5.41, 5.74) is 1.16. The predicted octanol–water partition coefficient (Wildman–Crippen LogP) is 2.64. The third kappa shape index (κ3) is 4.77. The highest BCUT2D eigenvalue weighted by atomic mass is 19.1. The monoisotopic (exact) mass is 411 g/mol. The Bertz CT molecular complexity index is 947. The van der Waals surface area contributed by atoms with E-state index in [0.717, 1.165) is 45.7 Å². The fraction of sp³-hybridized carbons (Fsp3) is 0.364. The van der Waals surface area contributed by atoms with Crippen LogP contribution in [0.15, 0.2) is 55.0 Å². The van der Waals surface area contributed by atoms with Gasteiger partial charge in [0, 0.05) is 32.0 Å². The van der Waals surface area contributed by atoms with Gasteiger partial charge in [-0.3, -0.25) is 9.69 Å². The lowest BCUT2D eigenvalue weighted by Crippen LogP contribution is -2.37. The minimum absolute atomic E-state index is 0.168. The lowest BCUT2D eigenvalue weighted by Gasteiger charge is -2.26. The SMILES string of the molecule is O=C(NCCCCN1CCOCC1)c1cnn(-c2ccc(F)cc2)c1-n1cccc1. The van der Waals surface area contributed by atoms with Crippen molar-refractivity contribution in [3.63, 3.8) is 0 Å². The first-order chi connectivity index (χ1) is 14.7. The number of rotatable bonds is 8. The zero-order valence-corrected chi connectivity index (χ0v) is 16.8. The molecule has 0 spiro atoms. The Morgan fingerprint density at radius 3 is 2.57 bits per heavy atom. The Morgan fingerprint density at radius 1 is 1.10 bits per heavy atom. The predicted molar refractivity (Wildman–Crippen MR) is 112 cm³/mol. The molecule has 1 aliphatic heterocycles. The second-order valence-electron chi connectivity index (χ2n) is 7.28. The molecule has 7 nitrogen and oxygen atoms in total. The van der Waals surface area contributed by atoms with Crippen molar-refractivity contribution in [3.8, 4) is 11.5 Å². The zero-order valence-electron chi connectivity index (χ0n) is 16.8. The number of nitrogens with zero attached hydrogens (tertiary/aromatic N) is 4. The summed E-state index contributed by atoms with van der Waals surface area (Å²) in [5, 5.41) is 7.40. The molecule has 1 saturated heterocycles. The van der Waals surface area contributed by atoms with Crippen LogP contribution in [-0.2, 0) is 4.74 Å². The summed E-state index contributed by atoms with van der Waals surface area (Å²) < 4.78 is 22.2. The van der Waals surface area contributed by atoms with Crippen LogP contribution >= 0.6 is 0 Å². The smallest absolute Gasteiger partial charge is 0.256 e. The molecule has 3 heterocycles. The Kier molecular flexibility index (Phi) is 6.56. The van der Waals surface area contributed by atoms with Crippen molar-refractivity contribution in [1.82, 2.24) is 24.6 Å². The molecule has 0 radical (unpaired) electrons. The highest BCUT2D eigenvalue weighted by Gasteiger charge is 2.19. The number of benzene rings is 1. The number of nitrogens with one attached hydrogen (secondary N) is 1. The molecule has 4 rings (SSSR count). The molecule has 1 amide bonds. The summed E-state index contributed by atoms with van der Waals surface area (Å²) in [4.78, 5) is 15.3. The third-order valence-corrected chi connectivity index (χ3v) is 5.20. The van der Waals surface area contributed by atoms with Gasteiger partial charge in [0.1, 0.15) is 11.4 Å². The molecule has 8 heteroatoms. The molecule has 158 valence electrons. The fourth-order valence-corrected chi connectivity index (χ4v) is 3.58. The van der Waals surface area contributed by atoms with E-state index in [1.54, 1.807) is 23.0 Å². The van der Waals surface area contributed by atoms with Gasteiger partial charge in [0.05, 0.1) is 25.1 Å². The Balaban J connectivity index is 1.41. The van der Waals surface area contributed by atoms with Crippen LogP contribution in [0.1, 0.15) is 23.2 Å². The number of halogens is 1. The van der Waals surface area contributed by atoms with E-state index in [4.69, 9.17) is 4.74 Å². The average molecular weight is 411 g/mol. The van der Waals surface area contributed by atoms with E-state index in [2.05, 4.69) is 15.3 Å². The maximum absolute atomic E-state index is 13.3. The Labute approximate surface area is 175 Å². The quantitative estimate of drug-likeness (QED) is 0.579. The van der Waals surface area contributed by atoms with Crippen LogP contribution in [-0.4, -0.2) is 64.5 Å². The van der Waals surface area contributed by atoms with Crippen LogP contribution in [0.2, 0.25) is 0 Å². The normalized spacial score (nSPS) is 14.7. The molecule has 30 heavy (non-hydrogen) atoms. The van der Waals surface area contributed by atoms with Crippen molar-refractivity contribution in [1.29, 1.82) is 0 Å². The van der Waals surface area contributed by atoms with Crippen LogP contribution in [0.5, 0.6) is 0 Å². The average Bonchev–Trinajstić information content (AvgIpc) is 3.44. The van der Waals surface area contributed by atoms with Gasteiger partial charge in [0.25, 0.3) is 5.91 Å². The van der Waals surface area contributed by atoms with Gasteiger partial charge in [-0.15, -0.1) is 0 Å². The molecule has 0 aliphatic carbocycles. The van der Waals surface area contributed by atoms with Crippen molar-refractivity contribution in [2.75, 3.05) is 39.4 Å². The molecule has 1 aliphatic rings. The van der Waals surface area contributed by atoms with Crippen LogP contribution < -0.4 is 5.32 Å². The number of aromatic nitrogens is 3. The fourth-order valence-electron chi connectivity index (χ4n) is 3.58. The summed E-state index contributed by atoms with van der Waals surface area (Å²) in [6, 6.07) is 9.81. The first kappa shape index (κ1) is 20.3. The molecule has 3 aromatic rings. The molecular formula is C22H26FN5O2. The van der Waals surface area contributed by atoms with E-state index < -0.39 is 0 Å². The first-order valence-electron chi connectivity index (χ1n) is 10.3. The van der Waals surface area contributed by atoms with Gasteiger partial charge in [-0.05, 0) is 55.8 Å². The summed E-state index contributed by atoms with van der Waals surface area (Å²) >= 11 is 0. The summed E-state index contributed by atoms with van der Waals surface area (Å²) in [7, 11) is 0. The number of carbonyl (C=O) groups excluding carboxylic acids is 1. The first-order valence-corrected chi connectivity index (χ1v) is 10.3. The second kappa shape index (κ2) is 9.69. The van der Waals surface area contributed by atoms with E-state index in [9.17, 15) is 9.18 Å². The maximum atomic E-state index is 13.3. The summed E-state index contributed by atoms with van der Waals surface area (Å²) in [6.07, 6.45) is 7.21. The van der Waals surface area contributed by atoms with Crippen molar-refractivity contribution in [3.05, 3.63) is 66.4 Å². The highest BCUT2D eigenvalue weighted by molar-refractivity contribution is 5.97. The van der Waals surface area contributed by atoms with E-state index in [1.165, 1.54) is 12.1 Å². The van der Waals surface area contributed by atoms with Crippen LogP contribution in [0.3, 0.4) is 0 Å². The van der Waals surface area contributed by atoms with Crippen molar-refractivity contribution >= 4 is 5.91 Å². The molecule has 1 fully saturated rings. The molecular weight excluding hydrogens is 385 g/mol. The Hall–Kier alpha value is -2.97. The second-order valence-corrected chi connectivity index (χ2v) is 7.28. The lowest BCUT2D eigenvalue weighted by atomic mass is 10.2. The maximum Gasteiger partial charge on any atom is 0.256 e. The van der Waals surface area contributed by atoms with Crippen LogP contribution in [0, 0.1) is 5.82 Å². The van der Waals surface area contributed by atoms with Gasteiger partial charge in [-0.25, -0.2) is 9.07 Å². The number of hydrogen-bond donors (Lipinski definition) is 1. The molecule has 0 atom stereocenters. The van der Waals surface area contributed by atoms with Crippen LogP contribution in [0.25, 0.3) is 11.5 Å². The lowest BCUT2D eigenvalue weighted by molar-refractivity contribution is 0.0372. The van der Waals surface area contributed by atoms with Gasteiger partial charge in [-0.1, -0.05) is 0 Å². The zero-order chi connectivity index (χ0) is 20.8. The van der Waals surface area contributed by atoms with Gasteiger partial charge >= 0.3 is 0 Å². The molecule has 0 bridgehead atoms. The van der Waals surface area contributed by atoms with E-state index in [-0.39, 0.29) is 11.7 Å². The minimum atomic E-state index is -0.316. The molecule has 1 aromatic carbocycles. The van der Waals surface area contributed by atoms with Crippen molar-refractivity contribution in [2.24, 2.45) is 0 Å². The van der Waals surface area contributed by atoms with Gasteiger partial charge in [0.15, 0.2) is 5.82 Å².